The largest absolute Gasteiger partial charge is 0.394 e. The molecule has 0 spiro atoms. The highest BCUT2D eigenvalue weighted by atomic mass is 16.8. The molecule has 0 aromatic carbocycles. The normalized spacial score (nSPS) is 51.4. The molecule has 2 saturated heterocycles. The van der Waals surface area contributed by atoms with Crippen LogP contribution in [-0.4, -0.2) is 138 Å². The summed E-state index contributed by atoms with van der Waals surface area (Å²) in [6.07, 6.45) is -6.24. The van der Waals surface area contributed by atoms with Crippen molar-refractivity contribution in [3.63, 3.8) is 0 Å². The molecule has 0 aromatic rings. The Labute approximate surface area is 320 Å². The van der Waals surface area contributed by atoms with Crippen LogP contribution in [0.4, 0.5) is 0 Å². The molecule has 6 fully saturated rings. The van der Waals surface area contributed by atoms with Crippen molar-refractivity contribution >= 4 is 0 Å². The van der Waals surface area contributed by atoms with E-state index in [-0.39, 0.29) is 40.6 Å². The van der Waals surface area contributed by atoms with E-state index in [0.29, 0.717) is 25.2 Å². The highest BCUT2D eigenvalue weighted by molar-refractivity contribution is 5.18. The fourth-order valence-electron chi connectivity index (χ4n) is 12.6. The van der Waals surface area contributed by atoms with Gasteiger partial charge in [0.05, 0.1) is 31.0 Å². The van der Waals surface area contributed by atoms with Crippen molar-refractivity contribution in [2.24, 2.45) is 45.8 Å². The number of aliphatic hydroxyl groups is 9. The summed E-state index contributed by atoms with van der Waals surface area (Å²) in [7, 11) is 0. The monoisotopic (exact) mass is 770 g/mol. The van der Waals surface area contributed by atoms with Crippen molar-refractivity contribution in [2.45, 2.75) is 185 Å². The van der Waals surface area contributed by atoms with E-state index in [2.05, 4.69) is 47.6 Å². The van der Waals surface area contributed by atoms with Crippen LogP contribution >= 0.6 is 0 Å². The molecule has 9 N–H and O–H groups in total. The van der Waals surface area contributed by atoms with Crippen LogP contribution in [0.15, 0.2) is 11.6 Å². The number of fused-ring (bicyclic) bond motifs is 5. The summed E-state index contributed by atoms with van der Waals surface area (Å²) in [5.41, 5.74) is -0.153. The molecule has 13 heteroatoms. The average Bonchev–Trinajstić information content (AvgIpc) is 3.50. The van der Waals surface area contributed by atoms with Crippen LogP contribution in [0.5, 0.6) is 0 Å². The number of rotatable bonds is 10. The average molecular weight is 771 g/mol. The predicted octanol–water partition coefficient (Wildman–Crippen LogP) is 1.76. The van der Waals surface area contributed by atoms with Crippen LogP contribution in [0.2, 0.25) is 0 Å². The van der Waals surface area contributed by atoms with Crippen molar-refractivity contribution < 1.29 is 64.9 Å². The van der Waals surface area contributed by atoms with E-state index < -0.39 is 91.7 Å². The fourth-order valence-corrected chi connectivity index (χ4v) is 12.6. The molecule has 4 aliphatic carbocycles. The summed E-state index contributed by atoms with van der Waals surface area (Å²) >= 11 is 0. The van der Waals surface area contributed by atoms with Gasteiger partial charge in [0.15, 0.2) is 12.6 Å². The molecule has 4 saturated carbocycles. The SMILES string of the molecule is CC(C)=CCCC(C)(O)C1CCC2(C)C1C(O)CC1C3CCC(O[C@@H]4O[C@H](CO)[C@@H](O)[C@H](O)[C@H]4O[C@@H]4O[C@H](CO)[C@@H](O)[C@H](O)[C@H]4O)C(C)(C)C3CCC12C. The molecule has 10 unspecified atom stereocenters. The van der Waals surface area contributed by atoms with Gasteiger partial charge in [0.2, 0.25) is 0 Å². The van der Waals surface area contributed by atoms with E-state index in [1.807, 2.05) is 6.92 Å². The van der Waals surface area contributed by atoms with E-state index in [1.165, 1.54) is 5.57 Å². The third-order valence-corrected chi connectivity index (χ3v) is 16.0. The fraction of sp³-hybridized carbons (Fsp3) is 0.951. The van der Waals surface area contributed by atoms with Gasteiger partial charge in [-0.25, -0.2) is 0 Å². The zero-order valence-electron chi connectivity index (χ0n) is 33.3. The molecule has 54 heavy (non-hydrogen) atoms. The molecule has 6 aliphatic rings. The van der Waals surface area contributed by atoms with Gasteiger partial charge in [0, 0.05) is 0 Å². The third kappa shape index (κ3) is 7.17. The Bertz CT molecular complexity index is 1320. The summed E-state index contributed by atoms with van der Waals surface area (Å²) < 4.78 is 24.2. The molecule has 312 valence electrons. The van der Waals surface area contributed by atoms with Crippen LogP contribution in [0.3, 0.4) is 0 Å². The maximum Gasteiger partial charge on any atom is 0.187 e. The first kappa shape index (κ1) is 42.8. The number of ether oxygens (including phenoxy) is 4. The minimum atomic E-state index is -1.75. The standard InChI is InChI=1S/C41H70O13/c1-20(2)9-8-14-41(7,50)23-13-16-40(6)29(23)25(44)17-24-21-10-11-28(38(3,4)22(21)12-15-39(24,40)5)53-37-35(33(48)31(46)27(19-43)52-37)54-36-34(49)32(47)30(45)26(18-42)51-36/h9,21-37,42-50H,8,10-19H2,1-7H3/t21?,22?,23?,24?,25?,26-,27-,28?,29?,30-,31-,32+,33+,34-,35-,36+,37+,39?,40?,41?/m1/s1. The van der Waals surface area contributed by atoms with Gasteiger partial charge in [-0.1, -0.05) is 39.3 Å². The minimum Gasteiger partial charge on any atom is -0.394 e. The van der Waals surface area contributed by atoms with Gasteiger partial charge in [-0.15, -0.1) is 0 Å². The summed E-state index contributed by atoms with van der Waals surface area (Å²) in [4.78, 5) is 0. The lowest BCUT2D eigenvalue weighted by Gasteiger charge is -2.67. The second-order valence-electron chi connectivity index (χ2n) is 19.4. The summed E-state index contributed by atoms with van der Waals surface area (Å²) in [5.74, 6) is 0.906. The molecule has 2 aliphatic heterocycles. The molecule has 2 heterocycles. The van der Waals surface area contributed by atoms with Crippen LogP contribution in [0, 0.1) is 45.8 Å². The van der Waals surface area contributed by atoms with Crippen LogP contribution in [0.25, 0.3) is 0 Å². The van der Waals surface area contributed by atoms with Crippen molar-refractivity contribution in [2.75, 3.05) is 13.2 Å². The van der Waals surface area contributed by atoms with Crippen molar-refractivity contribution in [3.05, 3.63) is 11.6 Å². The number of aliphatic hydroxyl groups excluding tert-OH is 8. The highest BCUT2D eigenvalue weighted by Crippen LogP contribution is 2.73. The second kappa shape index (κ2) is 15.8. The topological polar surface area (TPSA) is 219 Å². The van der Waals surface area contributed by atoms with Gasteiger partial charge in [-0.05, 0) is 124 Å². The molecule has 0 amide bonds. The lowest BCUT2D eigenvalue weighted by molar-refractivity contribution is -0.377. The summed E-state index contributed by atoms with van der Waals surface area (Å²) in [5, 5.41) is 97.0. The Morgan fingerprint density at radius 1 is 0.741 bits per heavy atom. The lowest BCUT2D eigenvalue weighted by atomic mass is 9.39. The zero-order chi connectivity index (χ0) is 39.7. The molecule has 13 nitrogen and oxygen atoms in total. The second-order valence-corrected chi connectivity index (χ2v) is 19.4. The van der Waals surface area contributed by atoms with Crippen LogP contribution < -0.4 is 0 Å². The Morgan fingerprint density at radius 3 is 1.98 bits per heavy atom. The molecule has 0 bridgehead atoms. The Kier molecular flexibility index (Phi) is 12.5. The Hall–Kier alpha value is -0.780. The van der Waals surface area contributed by atoms with E-state index >= 15 is 0 Å². The predicted molar refractivity (Wildman–Crippen MR) is 196 cm³/mol. The van der Waals surface area contributed by atoms with E-state index in [1.54, 1.807) is 0 Å². The van der Waals surface area contributed by atoms with Gasteiger partial charge in [0.25, 0.3) is 0 Å². The smallest absolute Gasteiger partial charge is 0.187 e. The minimum absolute atomic E-state index is 0.0159. The van der Waals surface area contributed by atoms with Crippen molar-refractivity contribution in [1.82, 2.24) is 0 Å². The van der Waals surface area contributed by atoms with E-state index in [4.69, 9.17) is 18.9 Å². The van der Waals surface area contributed by atoms with E-state index in [0.717, 1.165) is 38.5 Å². The molecule has 0 radical (unpaired) electrons. The summed E-state index contributed by atoms with van der Waals surface area (Å²) in [6, 6.07) is 0. The van der Waals surface area contributed by atoms with Crippen LogP contribution in [-0.2, 0) is 18.9 Å². The quantitative estimate of drug-likeness (QED) is 0.114. The molecule has 6 rings (SSSR count). The van der Waals surface area contributed by atoms with Crippen molar-refractivity contribution in [1.29, 1.82) is 0 Å². The number of hydrogen-bond donors (Lipinski definition) is 9. The maximum absolute atomic E-state index is 12.1. The van der Waals surface area contributed by atoms with Crippen LogP contribution in [0.1, 0.15) is 106 Å². The van der Waals surface area contributed by atoms with Gasteiger partial charge in [-0.2, -0.15) is 0 Å². The van der Waals surface area contributed by atoms with Gasteiger partial charge in [-0.3, -0.25) is 0 Å². The molecular formula is C41H70O13. The first-order valence-electron chi connectivity index (χ1n) is 20.5. The first-order valence-corrected chi connectivity index (χ1v) is 20.5. The van der Waals surface area contributed by atoms with Gasteiger partial charge < -0.3 is 64.9 Å². The Morgan fingerprint density at radius 2 is 1.35 bits per heavy atom. The molecule has 20 atom stereocenters. The van der Waals surface area contributed by atoms with Gasteiger partial charge in [0.1, 0.15) is 48.8 Å². The number of allylic oxidation sites excluding steroid dienone is 2. The highest BCUT2D eigenvalue weighted by Gasteiger charge is 2.69. The zero-order valence-corrected chi connectivity index (χ0v) is 33.3. The van der Waals surface area contributed by atoms with Crippen molar-refractivity contribution in [3.8, 4) is 0 Å². The lowest BCUT2D eigenvalue weighted by Crippen LogP contribution is -2.66. The Balaban J connectivity index is 1.20. The summed E-state index contributed by atoms with van der Waals surface area (Å²) in [6.45, 7) is 14.1. The van der Waals surface area contributed by atoms with E-state index in [9.17, 15) is 46.0 Å². The third-order valence-electron chi connectivity index (χ3n) is 16.0. The molecule has 0 aromatic heterocycles. The molecular weight excluding hydrogens is 700 g/mol. The maximum atomic E-state index is 12.1. The first-order chi connectivity index (χ1) is 25.2. The number of hydrogen-bond acceptors (Lipinski definition) is 13. The van der Waals surface area contributed by atoms with Gasteiger partial charge >= 0.3 is 0 Å².